The molecule has 0 aromatic rings. The molecule has 0 aromatic heterocycles. The molecule has 0 aliphatic rings. The third-order valence-corrected chi connectivity index (χ3v) is 1.91. The van der Waals surface area contributed by atoms with E-state index >= 15 is 0 Å². The third-order valence-electron chi connectivity index (χ3n) is 0.149. The summed E-state index contributed by atoms with van der Waals surface area (Å²) in [5.74, 6) is 0. The Balaban J connectivity index is 2.83. The summed E-state index contributed by atoms with van der Waals surface area (Å²) in [5.41, 5.74) is 0. The lowest BCUT2D eigenvalue weighted by Gasteiger charge is -1.77. The maximum atomic E-state index is 9.90. The zero-order valence-electron chi connectivity index (χ0n) is 3.10. The van der Waals surface area contributed by atoms with Gasteiger partial charge < -0.3 is 0 Å². The van der Waals surface area contributed by atoms with E-state index in [0.717, 1.165) is 20.8 Å². The summed E-state index contributed by atoms with van der Waals surface area (Å²) in [6.07, 6.45) is 0. The molecule has 0 heterocycles. The average molecular weight is 143 g/mol. The lowest BCUT2D eigenvalue weighted by atomic mass is 10.9. The van der Waals surface area contributed by atoms with E-state index in [0.29, 0.717) is 0 Å². The molecule has 0 radical (unpaired) electrons. The summed E-state index contributed by atoms with van der Waals surface area (Å²) in [4.78, 5) is 9.90. The van der Waals surface area contributed by atoms with Crippen LogP contribution in [0.2, 0.25) is 0 Å². The predicted octanol–water partition coefficient (Wildman–Crippen LogP) is 2.07. The maximum absolute atomic E-state index is 9.90. The Bertz CT molecular complexity index is 55.5. The van der Waals surface area contributed by atoms with Gasteiger partial charge in [-0.1, -0.05) is 0 Å². The number of hydrogen-bond donors (Lipinski definition) is 0. The van der Waals surface area contributed by atoms with E-state index in [-0.39, 0.29) is 5.12 Å². The fraction of sp³-hybridized carbons (Fsp3) is 0.500. The number of carbonyl (C=O) groups is 1. The van der Waals surface area contributed by atoms with Gasteiger partial charge >= 0.3 is 0 Å². The first kappa shape index (κ1) is 6.66. The fourth-order valence-corrected chi connectivity index (χ4v) is 1.20. The number of carbonyl (C=O) groups excluding carboxylic acids is 1. The molecule has 1 nitrogen and oxygen atoms in total. The second-order valence-electron chi connectivity index (χ2n) is 0.638. The Kier molecular flexibility index (Phi) is 4.26. The standard InChI is InChI=1S/C2H3ClOS2/c1-2(4)5-6-3/h1H3. The summed E-state index contributed by atoms with van der Waals surface area (Å²) in [5, 5.41) is 0.0370. The lowest BCUT2D eigenvalue weighted by molar-refractivity contribution is -0.109. The quantitative estimate of drug-likeness (QED) is 0.522. The van der Waals surface area contributed by atoms with E-state index in [2.05, 4.69) is 0 Å². The Labute approximate surface area is 48.7 Å². The van der Waals surface area contributed by atoms with Crippen molar-refractivity contribution >= 4 is 36.6 Å². The first-order chi connectivity index (χ1) is 2.77. The van der Waals surface area contributed by atoms with Crippen molar-refractivity contribution in [3.63, 3.8) is 0 Å². The first-order valence-electron chi connectivity index (χ1n) is 1.23. The molecule has 0 N–H and O–H groups in total. The van der Waals surface area contributed by atoms with Gasteiger partial charge in [0, 0.05) is 16.9 Å². The van der Waals surface area contributed by atoms with Gasteiger partial charge in [0.25, 0.3) is 0 Å². The Hall–Kier alpha value is 0.660. The van der Waals surface area contributed by atoms with Gasteiger partial charge in [0.15, 0.2) is 5.12 Å². The van der Waals surface area contributed by atoms with Crippen molar-refractivity contribution in [1.29, 1.82) is 0 Å². The molecule has 0 saturated carbocycles. The highest BCUT2D eigenvalue weighted by molar-refractivity contribution is 8.89. The normalized spacial score (nSPS) is 8.33. The van der Waals surface area contributed by atoms with Crippen LogP contribution in [0.25, 0.3) is 0 Å². The minimum absolute atomic E-state index is 0.0370. The Morgan fingerprint density at radius 3 is 2.33 bits per heavy atom. The van der Waals surface area contributed by atoms with Gasteiger partial charge in [-0.2, -0.15) is 0 Å². The zero-order valence-corrected chi connectivity index (χ0v) is 5.49. The second-order valence-corrected chi connectivity index (χ2v) is 3.52. The SMILES string of the molecule is CC(=O)SSCl. The van der Waals surface area contributed by atoms with Crippen LogP contribution < -0.4 is 0 Å². The van der Waals surface area contributed by atoms with Crippen LogP contribution in [0.15, 0.2) is 0 Å². The molecule has 6 heavy (non-hydrogen) atoms. The molecule has 0 amide bonds. The van der Waals surface area contributed by atoms with Crippen molar-refractivity contribution < 1.29 is 4.79 Å². The van der Waals surface area contributed by atoms with Crippen LogP contribution in [0.5, 0.6) is 0 Å². The topological polar surface area (TPSA) is 17.1 Å². The van der Waals surface area contributed by atoms with Crippen molar-refractivity contribution in [3.05, 3.63) is 0 Å². The number of hydrogen-bond acceptors (Lipinski definition) is 3. The van der Waals surface area contributed by atoms with Crippen LogP contribution in [0, 0.1) is 0 Å². The summed E-state index contributed by atoms with van der Waals surface area (Å²) in [6, 6.07) is 0. The van der Waals surface area contributed by atoms with Crippen molar-refractivity contribution in [2.45, 2.75) is 6.92 Å². The van der Waals surface area contributed by atoms with E-state index in [1.165, 1.54) is 6.92 Å². The van der Waals surface area contributed by atoms with Crippen LogP contribution in [0.3, 0.4) is 0 Å². The van der Waals surface area contributed by atoms with Gasteiger partial charge in [-0.05, 0) is 21.5 Å². The molecule has 0 aliphatic heterocycles. The molecule has 0 aromatic carbocycles. The Morgan fingerprint density at radius 2 is 2.33 bits per heavy atom. The molecule has 4 heteroatoms. The van der Waals surface area contributed by atoms with Gasteiger partial charge in [0.2, 0.25) is 0 Å². The van der Waals surface area contributed by atoms with Gasteiger partial charge in [0.1, 0.15) is 0 Å². The van der Waals surface area contributed by atoms with E-state index in [1.54, 1.807) is 0 Å². The van der Waals surface area contributed by atoms with E-state index in [4.69, 9.17) is 10.7 Å². The van der Waals surface area contributed by atoms with Crippen molar-refractivity contribution in [2.75, 3.05) is 0 Å². The molecule has 0 aliphatic carbocycles. The summed E-state index contributed by atoms with van der Waals surface area (Å²) in [6.45, 7) is 1.47. The van der Waals surface area contributed by atoms with Gasteiger partial charge in [-0.15, -0.1) is 0 Å². The highest BCUT2D eigenvalue weighted by Crippen LogP contribution is 2.25. The fourth-order valence-electron chi connectivity index (χ4n) is 0.0444. The lowest BCUT2D eigenvalue weighted by Crippen LogP contribution is -1.69. The molecule has 0 atom stereocenters. The van der Waals surface area contributed by atoms with Crippen molar-refractivity contribution in [3.8, 4) is 0 Å². The van der Waals surface area contributed by atoms with Crippen LogP contribution in [0.1, 0.15) is 6.92 Å². The van der Waals surface area contributed by atoms with Crippen LogP contribution in [-0.4, -0.2) is 5.12 Å². The maximum Gasteiger partial charge on any atom is 0.197 e. The molecule has 0 spiro atoms. The minimum atomic E-state index is 0.0370. The molecule has 0 bridgehead atoms. The Morgan fingerprint density at radius 1 is 1.83 bits per heavy atom. The van der Waals surface area contributed by atoms with Crippen molar-refractivity contribution in [1.82, 2.24) is 0 Å². The molecular formula is C2H3ClOS2. The summed E-state index contributed by atoms with van der Waals surface area (Å²) >= 11 is 0. The molecule has 36 valence electrons. The van der Waals surface area contributed by atoms with Crippen molar-refractivity contribution in [2.24, 2.45) is 0 Å². The van der Waals surface area contributed by atoms with Gasteiger partial charge in [0.05, 0.1) is 0 Å². The number of rotatable bonds is 1. The highest BCUT2D eigenvalue weighted by atomic mass is 35.7. The largest absolute Gasteiger partial charge is 0.287 e. The monoisotopic (exact) mass is 142 g/mol. The van der Waals surface area contributed by atoms with Crippen LogP contribution in [-0.2, 0) is 4.79 Å². The molecule has 0 rings (SSSR count). The predicted molar refractivity (Wildman–Crippen MR) is 31.7 cm³/mol. The molecule has 0 saturated heterocycles. The van der Waals surface area contributed by atoms with Crippen LogP contribution in [0.4, 0.5) is 0 Å². The van der Waals surface area contributed by atoms with E-state index in [9.17, 15) is 4.79 Å². The molecule has 0 unspecified atom stereocenters. The summed E-state index contributed by atoms with van der Waals surface area (Å²) < 4.78 is 0. The van der Waals surface area contributed by atoms with Gasteiger partial charge in [-0.25, -0.2) is 0 Å². The second kappa shape index (κ2) is 3.84. The third kappa shape index (κ3) is 4.66. The highest BCUT2D eigenvalue weighted by Gasteiger charge is 1.87. The smallest absolute Gasteiger partial charge is 0.197 e. The molecule has 0 fully saturated rings. The van der Waals surface area contributed by atoms with Gasteiger partial charge in [-0.3, -0.25) is 4.79 Å². The molecular weight excluding hydrogens is 140 g/mol. The summed E-state index contributed by atoms with van der Waals surface area (Å²) in [7, 11) is 7.03. The van der Waals surface area contributed by atoms with E-state index in [1.807, 2.05) is 0 Å². The average Bonchev–Trinajstić information content (AvgIpc) is 1.35. The zero-order chi connectivity index (χ0) is 4.99. The van der Waals surface area contributed by atoms with E-state index < -0.39 is 0 Å². The first-order valence-corrected chi connectivity index (χ1v) is 4.21. The number of halogens is 1. The minimum Gasteiger partial charge on any atom is -0.287 e. The van der Waals surface area contributed by atoms with Crippen LogP contribution >= 0.6 is 31.5 Å².